The van der Waals surface area contributed by atoms with Gasteiger partial charge in [-0.25, -0.2) is 19.3 Å². The lowest BCUT2D eigenvalue weighted by Crippen LogP contribution is -2.13. The molecule has 7 heteroatoms. The van der Waals surface area contributed by atoms with Gasteiger partial charge in [0.05, 0.1) is 42.5 Å². The van der Waals surface area contributed by atoms with E-state index in [4.69, 9.17) is 31.0 Å². The summed E-state index contributed by atoms with van der Waals surface area (Å²) in [5, 5.41) is 0.605. The number of rotatable bonds is 7. The van der Waals surface area contributed by atoms with E-state index in [9.17, 15) is 0 Å². The van der Waals surface area contributed by atoms with Gasteiger partial charge in [0, 0.05) is 22.3 Å². The number of halogens is 1. The number of nitrogens with zero attached hydrogens (tertiary/aromatic N) is 4. The van der Waals surface area contributed by atoms with Crippen LogP contribution in [-0.2, 0) is 0 Å². The number of methoxy groups -OCH3 is 2. The Morgan fingerprint density at radius 3 is 2.03 bits per heavy atom. The number of hydrogen-bond donors (Lipinski definition) is 0. The van der Waals surface area contributed by atoms with E-state index in [0.29, 0.717) is 22.3 Å². The van der Waals surface area contributed by atoms with Crippen LogP contribution < -0.4 is 9.47 Å². The minimum atomic E-state index is 0.605. The first-order chi connectivity index (χ1) is 19.2. The second-order valence-electron chi connectivity index (χ2n) is 8.85. The fraction of sp³-hybridized carbons (Fsp3) is 0.0625. The van der Waals surface area contributed by atoms with Crippen LogP contribution in [0.2, 0.25) is 5.02 Å². The van der Waals surface area contributed by atoms with E-state index in [-0.39, 0.29) is 0 Å². The quantitative estimate of drug-likeness (QED) is 0.211. The zero-order valence-corrected chi connectivity index (χ0v) is 22.2. The van der Waals surface area contributed by atoms with Crippen molar-refractivity contribution in [1.82, 2.24) is 19.3 Å². The van der Waals surface area contributed by atoms with Gasteiger partial charge < -0.3 is 9.47 Å². The molecule has 6 nitrogen and oxygen atoms in total. The normalized spacial score (nSPS) is 10.9. The highest BCUT2D eigenvalue weighted by Gasteiger charge is 2.23. The Bertz CT molecular complexity index is 1740. The van der Waals surface area contributed by atoms with Gasteiger partial charge in [-0.2, -0.15) is 0 Å². The Labute approximate surface area is 231 Å². The topological polar surface area (TPSA) is 54.1 Å². The largest absolute Gasteiger partial charge is 0.493 e. The molecule has 39 heavy (non-hydrogen) atoms. The molecule has 0 fully saturated rings. The fourth-order valence-electron chi connectivity index (χ4n) is 4.75. The highest BCUT2D eigenvalue weighted by molar-refractivity contribution is 6.33. The van der Waals surface area contributed by atoms with Crippen molar-refractivity contribution in [3.8, 4) is 56.7 Å². The Hall–Kier alpha value is -4.81. The summed E-state index contributed by atoms with van der Waals surface area (Å²) < 4.78 is 15.2. The molecule has 6 rings (SSSR count). The van der Waals surface area contributed by atoms with Crippen molar-refractivity contribution in [1.29, 1.82) is 0 Å². The second kappa shape index (κ2) is 10.5. The van der Waals surface area contributed by atoms with Gasteiger partial charge in [0.15, 0.2) is 17.3 Å². The fourth-order valence-corrected chi connectivity index (χ4v) is 4.97. The van der Waals surface area contributed by atoms with Crippen LogP contribution in [0, 0.1) is 0 Å². The molecule has 0 saturated heterocycles. The Kier molecular flexibility index (Phi) is 6.61. The van der Waals surface area contributed by atoms with Crippen molar-refractivity contribution in [3.05, 3.63) is 121 Å². The van der Waals surface area contributed by atoms with Crippen molar-refractivity contribution in [2.75, 3.05) is 14.2 Å². The van der Waals surface area contributed by atoms with E-state index in [2.05, 4.69) is 24.3 Å². The van der Waals surface area contributed by atoms with Crippen LogP contribution in [0.1, 0.15) is 0 Å². The Balaban J connectivity index is 1.67. The van der Waals surface area contributed by atoms with E-state index in [0.717, 1.165) is 39.3 Å². The van der Waals surface area contributed by atoms with Gasteiger partial charge in [0.2, 0.25) is 0 Å². The number of aromatic nitrogens is 4. The summed E-state index contributed by atoms with van der Waals surface area (Å²) in [7, 11) is 3.25. The standard InChI is InChI=1S/C32H25ClN4O2/c1-38-28-18-17-24(19-29(28)39-2)27-20-34-32(25-15-9-10-16-26(25)33)37(27)36-21-35-30(22-11-5-3-6-12-22)31(36)23-13-7-4-8-14-23/h3-21H,1-2H3. The van der Waals surface area contributed by atoms with Crippen LogP contribution in [0.15, 0.2) is 116 Å². The van der Waals surface area contributed by atoms with Gasteiger partial charge >= 0.3 is 0 Å². The van der Waals surface area contributed by atoms with E-state index in [1.165, 1.54) is 0 Å². The number of hydrogen-bond acceptors (Lipinski definition) is 4. The molecule has 0 amide bonds. The van der Waals surface area contributed by atoms with Crippen LogP contribution in [-0.4, -0.2) is 33.5 Å². The third-order valence-corrected chi connectivity index (χ3v) is 6.92. The van der Waals surface area contributed by atoms with Gasteiger partial charge in [0.1, 0.15) is 6.33 Å². The summed E-state index contributed by atoms with van der Waals surface area (Å²) in [6.45, 7) is 0. The Morgan fingerprint density at radius 2 is 1.33 bits per heavy atom. The zero-order chi connectivity index (χ0) is 26.8. The maximum absolute atomic E-state index is 6.70. The summed E-state index contributed by atoms with van der Waals surface area (Å²) in [6.07, 6.45) is 3.67. The first-order valence-corrected chi connectivity index (χ1v) is 12.8. The maximum Gasteiger partial charge on any atom is 0.161 e. The zero-order valence-electron chi connectivity index (χ0n) is 21.5. The molecule has 0 aliphatic carbocycles. The minimum Gasteiger partial charge on any atom is -0.493 e. The third kappa shape index (κ3) is 4.45. The van der Waals surface area contributed by atoms with Gasteiger partial charge in [-0.3, -0.25) is 0 Å². The SMILES string of the molecule is COc1ccc(-c2cnc(-c3ccccc3Cl)n2-n2cnc(-c3ccccc3)c2-c2ccccc2)cc1OC. The Morgan fingerprint density at radius 1 is 0.667 bits per heavy atom. The van der Waals surface area contributed by atoms with E-state index >= 15 is 0 Å². The molecule has 0 spiro atoms. The second-order valence-corrected chi connectivity index (χ2v) is 9.25. The molecule has 0 N–H and O–H groups in total. The van der Waals surface area contributed by atoms with Gasteiger partial charge in [-0.15, -0.1) is 0 Å². The average Bonchev–Trinajstić information content (AvgIpc) is 3.63. The molecule has 2 aromatic heterocycles. The smallest absolute Gasteiger partial charge is 0.161 e. The predicted molar refractivity (Wildman–Crippen MR) is 155 cm³/mol. The summed E-state index contributed by atoms with van der Waals surface area (Å²) >= 11 is 6.70. The maximum atomic E-state index is 6.70. The molecule has 0 atom stereocenters. The van der Waals surface area contributed by atoms with Crippen LogP contribution in [0.3, 0.4) is 0 Å². The lowest BCUT2D eigenvalue weighted by atomic mass is 10.1. The highest BCUT2D eigenvalue weighted by atomic mass is 35.5. The first kappa shape index (κ1) is 24.5. The summed E-state index contributed by atoms with van der Waals surface area (Å²) in [5.74, 6) is 1.96. The van der Waals surface area contributed by atoms with Crippen LogP contribution in [0.4, 0.5) is 0 Å². The average molecular weight is 533 g/mol. The molecule has 4 aromatic carbocycles. The number of ether oxygens (including phenoxy) is 2. The molecule has 0 aliphatic rings. The highest BCUT2D eigenvalue weighted by Crippen LogP contribution is 2.38. The molecular weight excluding hydrogens is 508 g/mol. The molecule has 6 aromatic rings. The van der Waals surface area contributed by atoms with Crippen molar-refractivity contribution < 1.29 is 9.47 Å². The van der Waals surface area contributed by atoms with Gasteiger partial charge in [-0.05, 0) is 30.3 Å². The molecule has 0 saturated carbocycles. The van der Waals surface area contributed by atoms with Crippen molar-refractivity contribution in [2.45, 2.75) is 0 Å². The van der Waals surface area contributed by atoms with E-state index in [1.54, 1.807) is 14.2 Å². The van der Waals surface area contributed by atoms with Crippen molar-refractivity contribution >= 4 is 11.6 Å². The van der Waals surface area contributed by atoms with Crippen LogP contribution >= 0.6 is 11.6 Å². The first-order valence-electron chi connectivity index (χ1n) is 12.4. The van der Waals surface area contributed by atoms with E-state index in [1.807, 2.05) is 101 Å². The molecule has 0 radical (unpaired) electrons. The summed E-state index contributed by atoms with van der Waals surface area (Å²) in [5.41, 5.74) is 6.36. The van der Waals surface area contributed by atoms with Crippen molar-refractivity contribution in [2.24, 2.45) is 0 Å². The minimum absolute atomic E-state index is 0.605. The summed E-state index contributed by atoms with van der Waals surface area (Å²) in [4.78, 5) is 9.78. The third-order valence-electron chi connectivity index (χ3n) is 6.59. The number of benzene rings is 4. The van der Waals surface area contributed by atoms with Crippen molar-refractivity contribution in [3.63, 3.8) is 0 Å². The predicted octanol–water partition coefficient (Wildman–Crippen LogP) is 7.73. The monoisotopic (exact) mass is 532 g/mol. The molecule has 192 valence electrons. The molecule has 2 heterocycles. The molecule has 0 unspecified atom stereocenters. The molecule has 0 aliphatic heterocycles. The summed E-state index contributed by atoms with van der Waals surface area (Å²) in [6, 6.07) is 33.9. The molecular formula is C32H25ClN4O2. The lowest BCUT2D eigenvalue weighted by molar-refractivity contribution is 0.355. The van der Waals surface area contributed by atoms with Gasteiger partial charge in [0.25, 0.3) is 0 Å². The van der Waals surface area contributed by atoms with Crippen LogP contribution in [0.25, 0.3) is 45.2 Å². The van der Waals surface area contributed by atoms with Crippen LogP contribution in [0.5, 0.6) is 11.5 Å². The molecule has 0 bridgehead atoms. The number of imidazole rings is 2. The lowest BCUT2D eigenvalue weighted by Gasteiger charge is -2.18. The van der Waals surface area contributed by atoms with Gasteiger partial charge in [-0.1, -0.05) is 84.4 Å². The van der Waals surface area contributed by atoms with E-state index < -0.39 is 0 Å².